The molecule has 0 saturated carbocycles. The minimum atomic E-state index is -0.514. The third kappa shape index (κ3) is 5.78. The van der Waals surface area contributed by atoms with Crippen LogP contribution >= 0.6 is 0 Å². The van der Waals surface area contributed by atoms with Gasteiger partial charge in [-0.2, -0.15) is 0 Å². The molecule has 9 nitrogen and oxygen atoms in total. The van der Waals surface area contributed by atoms with Crippen molar-refractivity contribution in [1.82, 2.24) is 14.9 Å². The SMILES string of the molecule is CCOC(=O)CC(=O)N1CCc2nc(-c3ccccc3)nc(N3CCC(C(=O)OCC)CC3)c2C1. The van der Waals surface area contributed by atoms with E-state index in [1.165, 1.54) is 0 Å². The van der Waals surface area contributed by atoms with Gasteiger partial charge in [-0.05, 0) is 26.7 Å². The number of piperidine rings is 1. The maximum atomic E-state index is 12.8. The van der Waals surface area contributed by atoms with Crippen molar-refractivity contribution >= 4 is 23.7 Å². The smallest absolute Gasteiger partial charge is 0.315 e. The highest BCUT2D eigenvalue weighted by Crippen LogP contribution is 2.32. The van der Waals surface area contributed by atoms with Crippen LogP contribution in [0.25, 0.3) is 11.4 Å². The fourth-order valence-corrected chi connectivity index (χ4v) is 4.62. The largest absolute Gasteiger partial charge is 0.466 e. The van der Waals surface area contributed by atoms with Crippen LogP contribution in [0.4, 0.5) is 5.82 Å². The molecule has 3 heterocycles. The highest BCUT2D eigenvalue weighted by molar-refractivity contribution is 5.94. The van der Waals surface area contributed by atoms with Gasteiger partial charge >= 0.3 is 11.9 Å². The summed E-state index contributed by atoms with van der Waals surface area (Å²) in [6, 6.07) is 9.83. The van der Waals surface area contributed by atoms with E-state index in [9.17, 15) is 14.4 Å². The molecule has 35 heavy (non-hydrogen) atoms. The minimum absolute atomic E-state index is 0.111. The average Bonchev–Trinajstić information content (AvgIpc) is 2.88. The van der Waals surface area contributed by atoms with Gasteiger partial charge in [-0.3, -0.25) is 14.4 Å². The number of ether oxygens (including phenoxy) is 2. The summed E-state index contributed by atoms with van der Waals surface area (Å²) in [6.07, 6.45) is 1.68. The van der Waals surface area contributed by atoms with Crippen molar-refractivity contribution < 1.29 is 23.9 Å². The van der Waals surface area contributed by atoms with Crippen molar-refractivity contribution in [2.45, 2.75) is 46.1 Å². The number of amides is 1. The van der Waals surface area contributed by atoms with E-state index in [2.05, 4.69) is 4.90 Å². The van der Waals surface area contributed by atoms with Crippen molar-refractivity contribution in [3.05, 3.63) is 41.6 Å². The molecule has 1 aromatic carbocycles. The van der Waals surface area contributed by atoms with E-state index in [1.54, 1.807) is 11.8 Å². The van der Waals surface area contributed by atoms with Crippen molar-refractivity contribution in [3.8, 4) is 11.4 Å². The van der Waals surface area contributed by atoms with Gasteiger partial charge in [0.05, 0.1) is 31.4 Å². The Bertz CT molecular complexity index is 1070. The first-order valence-corrected chi connectivity index (χ1v) is 12.3. The quantitative estimate of drug-likeness (QED) is 0.440. The third-order valence-corrected chi connectivity index (χ3v) is 6.44. The molecule has 186 valence electrons. The second-order valence-corrected chi connectivity index (χ2v) is 8.72. The van der Waals surface area contributed by atoms with Crippen LogP contribution in [-0.2, 0) is 36.8 Å². The van der Waals surface area contributed by atoms with Crippen molar-refractivity contribution in [3.63, 3.8) is 0 Å². The predicted molar refractivity (Wildman–Crippen MR) is 129 cm³/mol. The van der Waals surface area contributed by atoms with Gasteiger partial charge in [0, 0.05) is 37.2 Å². The van der Waals surface area contributed by atoms with E-state index in [-0.39, 0.29) is 30.8 Å². The molecule has 0 spiro atoms. The number of hydrogen-bond donors (Lipinski definition) is 0. The molecule has 1 fully saturated rings. The molecule has 9 heteroatoms. The fourth-order valence-electron chi connectivity index (χ4n) is 4.62. The molecule has 0 atom stereocenters. The van der Waals surface area contributed by atoms with Gasteiger partial charge in [0.2, 0.25) is 5.91 Å². The highest BCUT2D eigenvalue weighted by atomic mass is 16.5. The highest BCUT2D eigenvalue weighted by Gasteiger charge is 2.32. The van der Waals surface area contributed by atoms with Crippen LogP contribution in [0, 0.1) is 5.92 Å². The third-order valence-electron chi connectivity index (χ3n) is 6.44. The zero-order chi connectivity index (χ0) is 24.8. The van der Waals surface area contributed by atoms with E-state index in [4.69, 9.17) is 19.4 Å². The molecule has 1 amide bonds. The minimum Gasteiger partial charge on any atom is -0.466 e. The first kappa shape index (κ1) is 24.6. The second-order valence-electron chi connectivity index (χ2n) is 8.72. The monoisotopic (exact) mass is 480 g/mol. The van der Waals surface area contributed by atoms with Crippen LogP contribution in [0.2, 0.25) is 0 Å². The number of rotatable bonds is 7. The molecule has 4 rings (SSSR count). The van der Waals surface area contributed by atoms with Crippen molar-refractivity contribution in [2.75, 3.05) is 37.7 Å². The number of aromatic nitrogens is 2. The van der Waals surface area contributed by atoms with Crippen molar-refractivity contribution in [1.29, 1.82) is 0 Å². The Labute approximate surface area is 205 Å². The van der Waals surface area contributed by atoms with E-state index in [0.717, 1.165) is 22.6 Å². The van der Waals surface area contributed by atoms with E-state index >= 15 is 0 Å². The maximum absolute atomic E-state index is 12.8. The molecule has 2 aliphatic rings. The zero-order valence-electron chi connectivity index (χ0n) is 20.4. The van der Waals surface area contributed by atoms with Crippen LogP contribution in [0.5, 0.6) is 0 Å². The van der Waals surface area contributed by atoms with Gasteiger partial charge in [0.25, 0.3) is 0 Å². The summed E-state index contributed by atoms with van der Waals surface area (Å²) < 4.78 is 10.2. The Kier molecular flexibility index (Phi) is 7.94. The Morgan fingerprint density at radius 1 is 0.971 bits per heavy atom. The fraction of sp³-hybridized carbons (Fsp3) is 0.500. The number of carbonyl (C=O) groups is 3. The first-order chi connectivity index (χ1) is 17.0. The Hall–Kier alpha value is -3.49. The number of fused-ring (bicyclic) bond motifs is 1. The van der Waals surface area contributed by atoms with Gasteiger partial charge in [-0.25, -0.2) is 9.97 Å². The van der Waals surface area contributed by atoms with E-state index in [0.29, 0.717) is 57.9 Å². The van der Waals surface area contributed by atoms with Crippen LogP contribution in [0.15, 0.2) is 30.3 Å². The average molecular weight is 481 g/mol. The predicted octanol–water partition coefficient (Wildman–Crippen LogP) is 2.76. The van der Waals surface area contributed by atoms with E-state index in [1.807, 2.05) is 37.3 Å². The van der Waals surface area contributed by atoms with Gasteiger partial charge in [-0.1, -0.05) is 30.3 Å². The Balaban J connectivity index is 1.60. The summed E-state index contributed by atoms with van der Waals surface area (Å²) in [6.45, 7) is 6.33. The lowest BCUT2D eigenvalue weighted by Gasteiger charge is -2.36. The molecular weight excluding hydrogens is 448 g/mol. The molecule has 2 aliphatic heterocycles. The Morgan fingerprint density at radius 3 is 2.37 bits per heavy atom. The van der Waals surface area contributed by atoms with Crippen molar-refractivity contribution in [2.24, 2.45) is 5.92 Å². The number of hydrogen-bond acceptors (Lipinski definition) is 8. The molecule has 1 saturated heterocycles. The van der Waals surface area contributed by atoms with Gasteiger partial charge in [0.1, 0.15) is 12.2 Å². The van der Waals surface area contributed by atoms with Crippen LogP contribution in [0.3, 0.4) is 0 Å². The second kappa shape index (κ2) is 11.3. The molecule has 0 N–H and O–H groups in total. The number of anilines is 1. The molecule has 1 aromatic heterocycles. The van der Waals surface area contributed by atoms with Gasteiger partial charge < -0.3 is 19.3 Å². The summed E-state index contributed by atoms with van der Waals surface area (Å²) in [4.78, 5) is 50.5. The van der Waals surface area contributed by atoms with Crippen LogP contribution in [-0.4, -0.2) is 65.6 Å². The molecule has 0 radical (unpaired) electrons. The summed E-state index contributed by atoms with van der Waals surface area (Å²) in [5, 5.41) is 0. The summed E-state index contributed by atoms with van der Waals surface area (Å²) in [7, 11) is 0. The number of esters is 2. The summed E-state index contributed by atoms with van der Waals surface area (Å²) in [5.74, 6) is 0.425. The maximum Gasteiger partial charge on any atom is 0.315 e. The van der Waals surface area contributed by atoms with Crippen LogP contribution < -0.4 is 4.90 Å². The van der Waals surface area contributed by atoms with Gasteiger partial charge in [0.15, 0.2) is 5.82 Å². The lowest BCUT2D eigenvalue weighted by atomic mass is 9.96. The molecule has 0 aliphatic carbocycles. The molecule has 2 aromatic rings. The lowest BCUT2D eigenvalue weighted by Crippen LogP contribution is -2.41. The standard InChI is InChI=1S/C26H32N4O5/c1-3-34-23(32)16-22(31)30-15-12-21-20(17-30)25(28-24(27-21)18-8-6-5-7-9-18)29-13-10-19(11-14-29)26(33)35-4-2/h5-9,19H,3-4,10-17H2,1-2H3. The first-order valence-electron chi connectivity index (χ1n) is 12.3. The number of nitrogens with zero attached hydrogens (tertiary/aromatic N) is 4. The Morgan fingerprint density at radius 2 is 1.69 bits per heavy atom. The zero-order valence-corrected chi connectivity index (χ0v) is 20.4. The molecular formula is C26H32N4O5. The molecule has 0 bridgehead atoms. The van der Waals surface area contributed by atoms with Gasteiger partial charge in [-0.15, -0.1) is 0 Å². The molecule has 0 unspecified atom stereocenters. The lowest BCUT2D eigenvalue weighted by molar-refractivity contribution is -0.150. The topological polar surface area (TPSA) is 102 Å². The normalized spacial score (nSPS) is 15.9. The summed E-state index contributed by atoms with van der Waals surface area (Å²) >= 11 is 0. The van der Waals surface area contributed by atoms with Crippen LogP contribution in [0.1, 0.15) is 44.4 Å². The summed E-state index contributed by atoms with van der Waals surface area (Å²) in [5.41, 5.74) is 2.75. The number of carbonyl (C=O) groups excluding carboxylic acids is 3. The van der Waals surface area contributed by atoms with E-state index < -0.39 is 5.97 Å². The number of benzene rings is 1.